The van der Waals surface area contributed by atoms with E-state index in [1.54, 1.807) is 31.6 Å². The van der Waals surface area contributed by atoms with Gasteiger partial charge < -0.3 is 19.4 Å². The van der Waals surface area contributed by atoms with E-state index in [2.05, 4.69) is 10.2 Å². The quantitative estimate of drug-likeness (QED) is 0.407. The lowest BCUT2D eigenvalue weighted by atomic mass is 9.96. The van der Waals surface area contributed by atoms with Gasteiger partial charge in [0.15, 0.2) is 0 Å². The Labute approximate surface area is 182 Å². The number of nitrogens with one attached hydrogen (secondary N) is 1. The van der Waals surface area contributed by atoms with Crippen LogP contribution in [0.1, 0.15) is 24.5 Å². The fourth-order valence-corrected chi connectivity index (χ4v) is 3.66. The molecule has 0 saturated heterocycles. The monoisotopic (exact) mass is 424 g/mol. The summed E-state index contributed by atoms with van der Waals surface area (Å²) in [7, 11) is 5.62. The van der Waals surface area contributed by atoms with E-state index in [0.717, 1.165) is 46.2 Å². The summed E-state index contributed by atoms with van der Waals surface area (Å²) in [5, 5.41) is 3.82. The lowest BCUT2D eigenvalue weighted by Gasteiger charge is -2.13. The molecule has 6 heteroatoms. The van der Waals surface area contributed by atoms with E-state index in [0.29, 0.717) is 17.9 Å². The number of methoxy groups -OCH3 is 1. The summed E-state index contributed by atoms with van der Waals surface area (Å²) >= 11 is 0. The van der Waals surface area contributed by atoms with Crippen LogP contribution in [0.15, 0.2) is 47.1 Å². The molecule has 0 aliphatic carbocycles. The number of rotatable bonds is 8. The summed E-state index contributed by atoms with van der Waals surface area (Å²) in [6, 6.07) is 8.27. The normalized spacial score (nSPS) is 11.9. The van der Waals surface area contributed by atoms with Gasteiger partial charge in [0.25, 0.3) is 0 Å². The molecule has 2 aromatic carbocycles. The Hall–Kier alpha value is -3.12. The summed E-state index contributed by atoms with van der Waals surface area (Å²) in [5.41, 5.74) is 4.89. The molecule has 3 rings (SSSR count). The molecule has 0 aliphatic heterocycles. The van der Waals surface area contributed by atoms with E-state index in [1.807, 2.05) is 34.0 Å². The molecule has 0 atom stereocenters. The van der Waals surface area contributed by atoms with Crippen LogP contribution in [-0.4, -0.2) is 45.1 Å². The Bertz CT molecular complexity index is 1100. The van der Waals surface area contributed by atoms with Gasteiger partial charge in [0.2, 0.25) is 5.91 Å². The molecular formula is C25H29FN2O3. The Morgan fingerprint density at radius 3 is 2.61 bits per heavy atom. The number of allylic oxidation sites excluding steroid dienone is 1. The molecule has 1 N–H and O–H groups in total. The summed E-state index contributed by atoms with van der Waals surface area (Å²) < 4.78 is 24.8. The molecular weight excluding hydrogens is 395 g/mol. The van der Waals surface area contributed by atoms with E-state index in [4.69, 9.17) is 9.15 Å². The topological polar surface area (TPSA) is 54.7 Å². The lowest BCUT2D eigenvalue weighted by molar-refractivity contribution is -0.116. The number of fused-ring (bicyclic) bond motifs is 1. The van der Waals surface area contributed by atoms with Gasteiger partial charge in [-0.1, -0.05) is 12.1 Å². The Balaban J connectivity index is 1.96. The Kier molecular flexibility index (Phi) is 7.13. The summed E-state index contributed by atoms with van der Waals surface area (Å²) in [6.45, 7) is 5.35. The van der Waals surface area contributed by atoms with Gasteiger partial charge in [-0.15, -0.1) is 0 Å². The maximum Gasteiger partial charge on any atom is 0.244 e. The van der Waals surface area contributed by atoms with Crippen LogP contribution in [0.4, 0.5) is 4.39 Å². The first-order valence-electron chi connectivity index (χ1n) is 10.3. The average Bonchev–Trinajstić information content (AvgIpc) is 3.16. The number of hydrogen-bond donors (Lipinski definition) is 1. The molecule has 0 radical (unpaired) electrons. The number of carbonyl (C=O) groups is 1. The van der Waals surface area contributed by atoms with Gasteiger partial charge in [-0.05, 0) is 70.2 Å². The molecule has 3 aromatic rings. The first-order chi connectivity index (χ1) is 14.8. The third kappa shape index (κ3) is 5.14. The van der Waals surface area contributed by atoms with E-state index in [-0.39, 0.29) is 11.7 Å². The van der Waals surface area contributed by atoms with Crippen molar-refractivity contribution in [3.05, 3.63) is 59.6 Å². The van der Waals surface area contributed by atoms with Gasteiger partial charge >= 0.3 is 0 Å². The van der Waals surface area contributed by atoms with E-state index < -0.39 is 0 Å². The van der Waals surface area contributed by atoms with Gasteiger partial charge in [-0.25, -0.2) is 4.39 Å². The van der Waals surface area contributed by atoms with Crippen LogP contribution in [0.25, 0.3) is 27.7 Å². The van der Waals surface area contributed by atoms with Crippen molar-refractivity contribution in [3.8, 4) is 16.9 Å². The lowest BCUT2D eigenvalue weighted by Crippen LogP contribution is -2.25. The van der Waals surface area contributed by atoms with Crippen molar-refractivity contribution >= 4 is 22.4 Å². The van der Waals surface area contributed by atoms with Gasteiger partial charge in [0.1, 0.15) is 17.1 Å². The summed E-state index contributed by atoms with van der Waals surface area (Å²) in [5.74, 6) is 0.245. The highest BCUT2D eigenvalue weighted by atomic mass is 19.1. The number of ether oxygens (including phenoxy) is 1. The third-order valence-corrected chi connectivity index (χ3v) is 5.26. The summed E-state index contributed by atoms with van der Waals surface area (Å²) in [4.78, 5) is 14.5. The van der Waals surface area contributed by atoms with Crippen LogP contribution >= 0.6 is 0 Å². The van der Waals surface area contributed by atoms with E-state index in [1.165, 1.54) is 12.1 Å². The zero-order chi connectivity index (χ0) is 22.5. The standard InChI is InChI=1S/C25H29FN2O3/c1-16(13-23(29)27-11-6-12-28(3)4)20-14-21-22(18-7-9-19(26)10-8-18)15-31-25(21)17(2)24(20)30-5/h7-10,13-15H,6,11-12H2,1-5H3,(H,27,29)/b16-13+. The van der Waals surface area contributed by atoms with Crippen molar-refractivity contribution in [2.75, 3.05) is 34.3 Å². The molecule has 1 aromatic heterocycles. The minimum atomic E-state index is -0.287. The average molecular weight is 425 g/mol. The zero-order valence-electron chi connectivity index (χ0n) is 18.7. The second-order valence-electron chi connectivity index (χ2n) is 7.89. The van der Waals surface area contributed by atoms with Crippen LogP contribution in [0.3, 0.4) is 0 Å². The molecule has 0 aliphatic rings. The predicted molar refractivity (Wildman–Crippen MR) is 123 cm³/mol. The molecule has 164 valence electrons. The van der Waals surface area contributed by atoms with Crippen molar-refractivity contribution in [2.24, 2.45) is 0 Å². The molecule has 0 fully saturated rings. The smallest absolute Gasteiger partial charge is 0.244 e. The Morgan fingerprint density at radius 2 is 1.97 bits per heavy atom. The zero-order valence-corrected chi connectivity index (χ0v) is 18.7. The molecule has 0 spiro atoms. The molecule has 1 amide bonds. The van der Waals surface area contributed by atoms with Gasteiger partial charge in [-0.2, -0.15) is 0 Å². The number of amides is 1. The maximum absolute atomic E-state index is 13.4. The molecule has 0 unspecified atom stereocenters. The highest BCUT2D eigenvalue weighted by Crippen LogP contribution is 2.40. The van der Waals surface area contributed by atoms with Gasteiger partial charge in [-0.3, -0.25) is 4.79 Å². The molecule has 1 heterocycles. The minimum absolute atomic E-state index is 0.137. The van der Waals surface area contributed by atoms with Crippen LogP contribution < -0.4 is 10.1 Å². The van der Waals surface area contributed by atoms with Gasteiger partial charge in [0, 0.05) is 34.7 Å². The number of carbonyl (C=O) groups excluding carboxylic acids is 1. The molecule has 31 heavy (non-hydrogen) atoms. The highest BCUT2D eigenvalue weighted by molar-refractivity contribution is 6.01. The first kappa shape index (κ1) is 22.6. The van der Waals surface area contributed by atoms with E-state index in [9.17, 15) is 9.18 Å². The molecule has 0 bridgehead atoms. The van der Waals surface area contributed by atoms with Crippen molar-refractivity contribution in [1.82, 2.24) is 10.2 Å². The second kappa shape index (κ2) is 9.79. The number of hydrogen-bond acceptors (Lipinski definition) is 4. The first-order valence-corrected chi connectivity index (χ1v) is 10.3. The Morgan fingerprint density at radius 1 is 1.26 bits per heavy atom. The number of aryl methyl sites for hydroxylation is 1. The number of benzene rings is 2. The molecule has 5 nitrogen and oxygen atoms in total. The number of furan rings is 1. The van der Waals surface area contributed by atoms with E-state index >= 15 is 0 Å². The minimum Gasteiger partial charge on any atom is -0.496 e. The number of halogens is 1. The highest BCUT2D eigenvalue weighted by Gasteiger charge is 2.18. The maximum atomic E-state index is 13.4. The van der Waals surface area contributed by atoms with Crippen molar-refractivity contribution in [1.29, 1.82) is 0 Å². The van der Waals surface area contributed by atoms with Crippen LogP contribution in [0.2, 0.25) is 0 Å². The fraction of sp³-hybridized carbons (Fsp3) is 0.320. The van der Waals surface area contributed by atoms with Crippen molar-refractivity contribution < 1.29 is 18.3 Å². The predicted octanol–water partition coefficient (Wildman–Crippen LogP) is 5.03. The number of nitrogens with zero attached hydrogens (tertiary/aromatic N) is 1. The van der Waals surface area contributed by atoms with Crippen molar-refractivity contribution in [2.45, 2.75) is 20.3 Å². The van der Waals surface area contributed by atoms with Gasteiger partial charge in [0.05, 0.1) is 13.4 Å². The summed E-state index contributed by atoms with van der Waals surface area (Å²) in [6.07, 6.45) is 4.15. The molecule has 0 saturated carbocycles. The van der Waals surface area contributed by atoms with Crippen LogP contribution in [0, 0.1) is 12.7 Å². The van der Waals surface area contributed by atoms with Crippen LogP contribution in [0.5, 0.6) is 5.75 Å². The fourth-order valence-electron chi connectivity index (χ4n) is 3.66. The van der Waals surface area contributed by atoms with Crippen molar-refractivity contribution in [3.63, 3.8) is 0 Å². The van der Waals surface area contributed by atoms with Crippen LogP contribution in [-0.2, 0) is 4.79 Å². The largest absolute Gasteiger partial charge is 0.496 e. The second-order valence-corrected chi connectivity index (χ2v) is 7.89. The third-order valence-electron chi connectivity index (χ3n) is 5.26. The SMILES string of the molecule is COc1c(/C(C)=C/C(=O)NCCCN(C)C)cc2c(-c3ccc(F)cc3)coc2c1C.